The largest absolute Gasteiger partial charge is 0.466 e. The lowest BCUT2D eigenvalue weighted by molar-refractivity contribution is -0.153. The first-order chi connectivity index (χ1) is 15.3. The molecule has 1 spiro atoms. The fraction of sp³-hybridized carbons (Fsp3) is 0.591. The smallest absolute Gasteiger partial charge is 0.310 e. The maximum absolute atomic E-state index is 13.6. The van der Waals surface area contributed by atoms with E-state index in [1.165, 1.54) is 0 Å². The van der Waals surface area contributed by atoms with Gasteiger partial charge in [-0.2, -0.15) is 0 Å². The molecule has 2 N–H and O–H groups in total. The Hall–Kier alpha value is -1.29. The second-order valence-corrected chi connectivity index (χ2v) is 11.5. The van der Waals surface area contributed by atoms with Gasteiger partial charge in [0, 0.05) is 33.9 Å². The highest BCUT2D eigenvalue weighted by molar-refractivity contribution is 9.09. The fourth-order valence-corrected chi connectivity index (χ4v) is 9.04. The Bertz CT molecular complexity index is 903. The number of fused-ring (bicyclic) bond motifs is 1. The first-order valence-electron chi connectivity index (χ1n) is 10.8. The van der Waals surface area contributed by atoms with E-state index in [1.54, 1.807) is 47.9 Å². The zero-order valence-corrected chi connectivity index (χ0v) is 20.8. The standard InChI is InChI=1S/C22H26BrClN2O5S/c1-2-31-21(30)15-16-20(29)26(9-3-4-10-27)18(22(16)11-14(23)17(15)32-22)19(28)25-13-7-5-12(24)6-8-13/h5-8,14-18,27H,2-4,9-11H2,1H3,(H,25,28)/t14?,15-,16-,17-,18?,22?/m0/s1. The van der Waals surface area contributed by atoms with Crippen molar-refractivity contribution in [3.05, 3.63) is 29.3 Å². The quantitative estimate of drug-likeness (QED) is 0.296. The Labute approximate surface area is 204 Å². The number of nitrogens with zero attached hydrogens (tertiary/aromatic N) is 1. The van der Waals surface area contributed by atoms with E-state index in [2.05, 4.69) is 21.2 Å². The molecule has 10 heteroatoms. The molecule has 1 aromatic carbocycles. The van der Waals surface area contributed by atoms with Crippen molar-refractivity contribution in [3.8, 4) is 0 Å². The summed E-state index contributed by atoms with van der Waals surface area (Å²) >= 11 is 11.2. The van der Waals surface area contributed by atoms with Gasteiger partial charge in [0.05, 0.1) is 23.2 Å². The first-order valence-corrected chi connectivity index (χ1v) is 13.0. The van der Waals surface area contributed by atoms with Gasteiger partial charge in [-0.05, 0) is 50.5 Å². The Kier molecular flexibility index (Phi) is 7.10. The normalized spacial score (nSPS) is 32.8. The number of nitrogens with one attached hydrogen (secondary N) is 1. The van der Waals surface area contributed by atoms with Gasteiger partial charge in [0.25, 0.3) is 0 Å². The van der Waals surface area contributed by atoms with E-state index in [-0.39, 0.29) is 41.1 Å². The number of amides is 2. The molecule has 0 radical (unpaired) electrons. The molecule has 2 bridgehead atoms. The molecule has 3 fully saturated rings. The Balaban J connectivity index is 1.68. The van der Waals surface area contributed by atoms with Gasteiger partial charge in [0.2, 0.25) is 11.8 Å². The van der Waals surface area contributed by atoms with Crippen molar-refractivity contribution in [2.45, 2.75) is 47.1 Å². The number of anilines is 1. The lowest BCUT2D eigenvalue weighted by atomic mass is 9.71. The summed E-state index contributed by atoms with van der Waals surface area (Å²) < 4.78 is 4.62. The number of carbonyl (C=O) groups excluding carboxylic acids is 3. The Morgan fingerprint density at radius 1 is 1.34 bits per heavy atom. The minimum absolute atomic E-state index is 0.00850. The predicted molar refractivity (Wildman–Crippen MR) is 127 cm³/mol. The maximum Gasteiger partial charge on any atom is 0.310 e. The molecule has 3 saturated heterocycles. The number of esters is 1. The highest BCUT2D eigenvalue weighted by atomic mass is 79.9. The number of carbonyl (C=O) groups is 3. The van der Waals surface area contributed by atoms with Crippen molar-refractivity contribution < 1.29 is 24.2 Å². The molecule has 0 saturated carbocycles. The minimum Gasteiger partial charge on any atom is -0.466 e. The average Bonchev–Trinajstić information content (AvgIpc) is 3.34. The van der Waals surface area contributed by atoms with Crippen LogP contribution in [0.4, 0.5) is 5.69 Å². The molecular formula is C22H26BrClN2O5S. The maximum atomic E-state index is 13.6. The number of hydrogen-bond acceptors (Lipinski definition) is 6. The van der Waals surface area contributed by atoms with Gasteiger partial charge in [-0.3, -0.25) is 14.4 Å². The van der Waals surface area contributed by atoms with Gasteiger partial charge in [0.15, 0.2) is 0 Å². The number of halogens is 2. The van der Waals surface area contributed by atoms with Crippen LogP contribution in [0.1, 0.15) is 26.2 Å². The van der Waals surface area contributed by atoms with Gasteiger partial charge in [0.1, 0.15) is 6.04 Å². The molecule has 7 nitrogen and oxygen atoms in total. The molecular weight excluding hydrogens is 520 g/mol. The van der Waals surface area contributed by atoms with E-state index < -0.39 is 22.6 Å². The van der Waals surface area contributed by atoms with Crippen LogP contribution in [0.5, 0.6) is 0 Å². The molecule has 0 aromatic heterocycles. The molecule has 3 aliphatic heterocycles. The van der Waals surface area contributed by atoms with Crippen molar-refractivity contribution in [1.29, 1.82) is 0 Å². The Morgan fingerprint density at radius 2 is 2.06 bits per heavy atom. The minimum atomic E-state index is -0.719. The number of benzene rings is 1. The molecule has 174 valence electrons. The number of unbranched alkanes of at least 4 members (excludes halogenated alkanes) is 1. The van der Waals surface area contributed by atoms with Crippen molar-refractivity contribution in [2.75, 3.05) is 25.1 Å². The number of thioether (sulfide) groups is 1. The number of aliphatic hydroxyl groups excluding tert-OH is 1. The van der Waals surface area contributed by atoms with E-state index in [4.69, 9.17) is 16.3 Å². The van der Waals surface area contributed by atoms with Gasteiger partial charge >= 0.3 is 5.97 Å². The van der Waals surface area contributed by atoms with E-state index in [1.807, 2.05) is 0 Å². The highest BCUT2D eigenvalue weighted by Crippen LogP contribution is 2.67. The number of rotatable bonds is 8. The molecule has 3 heterocycles. The summed E-state index contributed by atoms with van der Waals surface area (Å²) in [4.78, 5) is 41.7. The average molecular weight is 546 g/mol. The molecule has 3 aliphatic rings. The van der Waals surface area contributed by atoms with Crippen LogP contribution in [0, 0.1) is 11.8 Å². The number of ether oxygens (including phenoxy) is 1. The van der Waals surface area contributed by atoms with Crippen LogP contribution in [0.3, 0.4) is 0 Å². The second-order valence-electron chi connectivity index (χ2n) is 8.37. The molecule has 2 amide bonds. The summed E-state index contributed by atoms with van der Waals surface area (Å²) in [6, 6.07) is 6.10. The van der Waals surface area contributed by atoms with Crippen LogP contribution in [0.25, 0.3) is 0 Å². The van der Waals surface area contributed by atoms with Gasteiger partial charge < -0.3 is 20.1 Å². The van der Waals surface area contributed by atoms with Gasteiger partial charge in [-0.1, -0.05) is 27.5 Å². The lowest BCUT2D eigenvalue weighted by Gasteiger charge is -2.35. The molecule has 6 atom stereocenters. The van der Waals surface area contributed by atoms with E-state index in [0.717, 1.165) is 0 Å². The zero-order valence-electron chi connectivity index (χ0n) is 17.6. The molecule has 0 aliphatic carbocycles. The summed E-state index contributed by atoms with van der Waals surface area (Å²) in [7, 11) is 0. The highest BCUT2D eigenvalue weighted by Gasteiger charge is 2.75. The molecule has 3 unspecified atom stereocenters. The monoisotopic (exact) mass is 544 g/mol. The van der Waals surface area contributed by atoms with Crippen molar-refractivity contribution >= 4 is 62.8 Å². The van der Waals surface area contributed by atoms with E-state index >= 15 is 0 Å². The predicted octanol–water partition coefficient (Wildman–Crippen LogP) is 3.08. The zero-order chi connectivity index (χ0) is 23.0. The first kappa shape index (κ1) is 23.9. The van der Waals surface area contributed by atoms with E-state index in [0.29, 0.717) is 36.5 Å². The van der Waals surface area contributed by atoms with Crippen LogP contribution < -0.4 is 5.32 Å². The van der Waals surface area contributed by atoms with Gasteiger partial charge in [-0.25, -0.2) is 0 Å². The fourth-order valence-electron chi connectivity index (χ4n) is 5.32. The van der Waals surface area contributed by atoms with Crippen LogP contribution in [-0.2, 0) is 19.1 Å². The van der Waals surface area contributed by atoms with Crippen LogP contribution in [0.15, 0.2) is 24.3 Å². The Morgan fingerprint density at radius 3 is 2.72 bits per heavy atom. The number of likely N-dealkylation sites (tertiary alicyclic amines) is 1. The number of alkyl halides is 1. The summed E-state index contributed by atoms with van der Waals surface area (Å²) in [6.45, 7) is 2.36. The summed E-state index contributed by atoms with van der Waals surface area (Å²) in [5.74, 6) is -2.00. The van der Waals surface area contributed by atoms with Crippen LogP contribution in [0.2, 0.25) is 5.02 Å². The summed E-state index contributed by atoms with van der Waals surface area (Å²) in [5, 5.41) is 12.6. The van der Waals surface area contributed by atoms with Crippen LogP contribution >= 0.6 is 39.3 Å². The third-order valence-electron chi connectivity index (χ3n) is 6.52. The summed E-state index contributed by atoms with van der Waals surface area (Å²) in [5.41, 5.74) is 0.594. The van der Waals surface area contributed by atoms with Crippen molar-refractivity contribution in [2.24, 2.45) is 11.8 Å². The SMILES string of the molecule is CCOC(=O)[C@H]1[C@H]2C(=O)N(CCCCO)C(C(=O)Nc3ccc(Cl)cc3)C23CC(Br)[C@@H]1S3. The van der Waals surface area contributed by atoms with Crippen molar-refractivity contribution in [3.63, 3.8) is 0 Å². The van der Waals surface area contributed by atoms with Crippen LogP contribution in [-0.4, -0.2) is 68.4 Å². The lowest BCUT2D eigenvalue weighted by Crippen LogP contribution is -2.52. The summed E-state index contributed by atoms with van der Waals surface area (Å²) in [6.07, 6.45) is 1.72. The number of hydrogen-bond donors (Lipinski definition) is 2. The second kappa shape index (κ2) is 9.52. The van der Waals surface area contributed by atoms with Gasteiger partial charge in [-0.15, -0.1) is 11.8 Å². The molecule has 4 rings (SSSR count). The van der Waals surface area contributed by atoms with E-state index in [9.17, 15) is 19.5 Å². The third kappa shape index (κ3) is 3.95. The van der Waals surface area contributed by atoms with Crippen molar-refractivity contribution in [1.82, 2.24) is 4.90 Å². The third-order valence-corrected chi connectivity index (χ3v) is 9.99. The topological polar surface area (TPSA) is 95.9 Å². The molecule has 1 aromatic rings. The molecule has 32 heavy (non-hydrogen) atoms. The number of aliphatic hydroxyl groups is 1.